The Labute approximate surface area is 109 Å². The highest BCUT2D eigenvalue weighted by Gasteiger charge is 2.14. The van der Waals surface area contributed by atoms with Gasteiger partial charge in [0.15, 0.2) is 5.58 Å². The monoisotopic (exact) mass is 300 g/mol. The average Bonchev–Trinajstić information content (AvgIpc) is 2.61. The van der Waals surface area contributed by atoms with Crippen LogP contribution in [0.5, 0.6) is 0 Å². The van der Waals surface area contributed by atoms with Gasteiger partial charge in [0, 0.05) is 16.1 Å². The highest BCUT2D eigenvalue weighted by Crippen LogP contribution is 2.32. The van der Waals surface area contributed by atoms with Gasteiger partial charge in [0.2, 0.25) is 0 Å². The molecule has 2 aromatic rings. The standard InChI is InChI=1S/C13H14BrClO/c1-8(6-9(2)14)12-7-10-4-3-5-11(15)13(10)16-12/h3-5,7-9H,6H2,1-2H3. The van der Waals surface area contributed by atoms with Crippen molar-refractivity contribution in [2.75, 3.05) is 0 Å². The first-order valence-electron chi connectivity index (χ1n) is 5.40. The van der Waals surface area contributed by atoms with Crippen LogP contribution in [0.2, 0.25) is 5.02 Å². The molecule has 2 unspecified atom stereocenters. The molecule has 0 saturated heterocycles. The number of fused-ring (bicyclic) bond motifs is 1. The molecule has 0 radical (unpaired) electrons. The molecule has 1 aromatic carbocycles. The topological polar surface area (TPSA) is 13.1 Å². The smallest absolute Gasteiger partial charge is 0.152 e. The van der Waals surface area contributed by atoms with Crippen LogP contribution in [-0.4, -0.2) is 4.83 Å². The Kier molecular flexibility index (Phi) is 3.60. The van der Waals surface area contributed by atoms with E-state index in [9.17, 15) is 0 Å². The molecule has 86 valence electrons. The van der Waals surface area contributed by atoms with E-state index in [1.54, 1.807) is 0 Å². The fraction of sp³-hybridized carbons (Fsp3) is 0.385. The van der Waals surface area contributed by atoms with Gasteiger partial charge in [0.1, 0.15) is 5.76 Å². The fourth-order valence-electron chi connectivity index (χ4n) is 1.89. The Morgan fingerprint density at radius 3 is 2.75 bits per heavy atom. The van der Waals surface area contributed by atoms with Crippen molar-refractivity contribution in [3.05, 3.63) is 35.0 Å². The Hall–Kier alpha value is -0.470. The molecule has 0 aliphatic carbocycles. The van der Waals surface area contributed by atoms with Crippen molar-refractivity contribution in [2.45, 2.75) is 31.0 Å². The molecule has 0 saturated carbocycles. The number of alkyl halides is 1. The van der Waals surface area contributed by atoms with Crippen molar-refractivity contribution in [1.82, 2.24) is 0 Å². The van der Waals surface area contributed by atoms with Gasteiger partial charge < -0.3 is 4.42 Å². The number of hydrogen-bond donors (Lipinski definition) is 0. The minimum atomic E-state index is 0.401. The first kappa shape index (κ1) is 12.0. The van der Waals surface area contributed by atoms with Gasteiger partial charge in [-0.3, -0.25) is 0 Å². The maximum absolute atomic E-state index is 6.08. The van der Waals surface area contributed by atoms with Crippen LogP contribution < -0.4 is 0 Å². The summed E-state index contributed by atoms with van der Waals surface area (Å²) < 4.78 is 5.81. The van der Waals surface area contributed by atoms with Crippen molar-refractivity contribution in [3.8, 4) is 0 Å². The van der Waals surface area contributed by atoms with Crippen LogP contribution in [-0.2, 0) is 0 Å². The van der Waals surface area contributed by atoms with Crippen molar-refractivity contribution in [2.24, 2.45) is 0 Å². The second-order valence-electron chi connectivity index (χ2n) is 4.22. The van der Waals surface area contributed by atoms with Gasteiger partial charge in [0.05, 0.1) is 5.02 Å². The summed E-state index contributed by atoms with van der Waals surface area (Å²) in [6, 6.07) is 7.91. The summed E-state index contributed by atoms with van der Waals surface area (Å²) in [4.78, 5) is 0.492. The third-order valence-electron chi connectivity index (χ3n) is 2.68. The molecular formula is C13H14BrClO. The van der Waals surface area contributed by atoms with Crippen LogP contribution in [0.25, 0.3) is 11.0 Å². The SMILES string of the molecule is CC(Br)CC(C)c1cc2cccc(Cl)c2o1. The molecule has 1 aromatic heterocycles. The van der Waals surface area contributed by atoms with Crippen molar-refractivity contribution in [3.63, 3.8) is 0 Å². The van der Waals surface area contributed by atoms with Crippen molar-refractivity contribution >= 4 is 38.5 Å². The number of benzene rings is 1. The van der Waals surface area contributed by atoms with Gasteiger partial charge in [-0.05, 0) is 18.6 Å². The van der Waals surface area contributed by atoms with Crippen molar-refractivity contribution < 1.29 is 4.42 Å². The van der Waals surface area contributed by atoms with E-state index in [0.29, 0.717) is 15.8 Å². The summed E-state index contributed by atoms with van der Waals surface area (Å²) in [5.41, 5.74) is 0.799. The van der Waals surface area contributed by atoms with Crippen molar-refractivity contribution in [1.29, 1.82) is 0 Å². The maximum atomic E-state index is 6.08. The van der Waals surface area contributed by atoms with Crippen LogP contribution in [0.3, 0.4) is 0 Å². The van der Waals surface area contributed by atoms with E-state index in [1.807, 2.05) is 18.2 Å². The molecule has 0 aliphatic heterocycles. The lowest BCUT2D eigenvalue weighted by Gasteiger charge is -2.09. The lowest BCUT2D eigenvalue weighted by atomic mass is 10.0. The Balaban J connectivity index is 2.36. The minimum Gasteiger partial charge on any atom is -0.459 e. The molecule has 0 N–H and O–H groups in total. The second-order valence-corrected chi connectivity index (χ2v) is 6.19. The van der Waals surface area contributed by atoms with E-state index >= 15 is 0 Å². The fourth-order valence-corrected chi connectivity index (χ4v) is 2.67. The summed E-state index contributed by atoms with van der Waals surface area (Å²) >= 11 is 9.64. The molecule has 0 amide bonds. The molecule has 1 nitrogen and oxygen atoms in total. The van der Waals surface area contributed by atoms with Gasteiger partial charge >= 0.3 is 0 Å². The first-order chi connectivity index (χ1) is 7.58. The molecule has 2 rings (SSSR count). The van der Waals surface area contributed by atoms with E-state index in [0.717, 1.165) is 23.2 Å². The number of rotatable bonds is 3. The zero-order valence-electron chi connectivity index (χ0n) is 9.34. The molecule has 2 atom stereocenters. The highest BCUT2D eigenvalue weighted by atomic mass is 79.9. The molecule has 16 heavy (non-hydrogen) atoms. The zero-order chi connectivity index (χ0) is 11.7. The van der Waals surface area contributed by atoms with Gasteiger partial charge in [-0.2, -0.15) is 0 Å². The third kappa shape index (κ3) is 2.44. The summed E-state index contributed by atoms with van der Waals surface area (Å²) in [5, 5.41) is 1.76. The number of furan rings is 1. The largest absolute Gasteiger partial charge is 0.459 e. The predicted molar refractivity (Wildman–Crippen MR) is 72.6 cm³/mol. The quantitative estimate of drug-likeness (QED) is 0.695. The van der Waals surface area contributed by atoms with Gasteiger partial charge in [0.25, 0.3) is 0 Å². The predicted octanol–water partition coefficient (Wildman–Crippen LogP) is 5.36. The number of hydrogen-bond acceptors (Lipinski definition) is 1. The molecule has 0 aliphatic rings. The van der Waals surface area contributed by atoms with Gasteiger partial charge in [-0.15, -0.1) is 0 Å². The highest BCUT2D eigenvalue weighted by molar-refractivity contribution is 9.09. The number of halogens is 2. The average molecular weight is 302 g/mol. The number of para-hydroxylation sites is 1. The van der Waals surface area contributed by atoms with E-state index < -0.39 is 0 Å². The summed E-state index contributed by atoms with van der Waals surface area (Å²) in [6.07, 6.45) is 1.05. The van der Waals surface area contributed by atoms with Crippen LogP contribution in [0.15, 0.2) is 28.7 Å². The Morgan fingerprint density at radius 2 is 2.12 bits per heavy atom. The van der Waals surface area contributed by atoms with Crippen LogP contribution in [0.4, 0.5) is 0 Å². The molecule has 1 heterocycles. The molecular weight excluding hydrogens is 287 g/mol. The lowest BCUT2D eigenvalue weighted by molar-refractivity contribution is 0.490. The Bertz CT molecular complexity index is 490. The molecule has 0 bridgehead atoms. The lowest BCUT2D eigenvalue weighted by Crippen LogP contribution is -1.98. The zero-order valence-corrected chi connectivity index (χ0v) is 11.7. The summed E-state index contributed by atoms with van der Waals surface area (Å²) in [6.45, 7) is 4.31. The van der Waals surface area contributed by atoms with E-state index in [-0.39, 0.29) is 0 Å². The van der Waals surface area contributed by atoms with E-state index in [2.05, 4.69) is 35.8 Å². The Morgan fingerprint density at radius 1 is 1.38 bits per heavy atom. The van der Waals surface area contributed by atoms with E-state index in [4.69, 9.17) is 16.0 Å². The van der Waals surface area contributed by atoms with E-state index in [1.165, 1.54) is 0 Å². The minimum absolute atomic E-state index is 0.401. The molecule has 0 fully saturated rings. The third-order valence-corrected chi connectivity index (χ3v) is 3.35. The van der Waals surface area contributed by atoms with Crippen LogP contribution >= 0.6 is 27.5 Å². The molecule has 0 spiro atoms. The molecule has 3 heteroatoms. The summed E-state index contributed by atoms with van der Waals surface area (Å²) in [7, 11) is 0. The second kappa shape index (κ2) is 4.80. The van der Waals surface area contributed by atoms with Crippen LogP contribution in [0.1, 0.15) is 31.9 Å². The normalized spacial score (nSPS) is 15.2. The van der Waals surface area contributed by atoms with Gasteiger partial charge in [-0.1, -0.05) is 53.5 Å². The summed E-state index contributed by atoms with van der Waals surface area (Å²) in [5.74, 6) is 1.41. The maximum Gasteiger partial charge on any atom is 0.152 e. The van der Waals surface area contributed by atoms with Gasteiger partial charge in [-0.25, -0.2) is 0 Å². The van der Waals surface area contributed by atoms with Crippen LogP contribution in [0, 0.1) is 0 Å². The first-order valence-corrected chi connectivity index (χ1v) is 6.69.